The Hall–Kier alpha value is -3.14. The number of ether oxygens (including phenoxy) is 2. The number of carbonyl (C=O) groups excluding carboxylic acids is 3. The number of unbranched alkanes of at least 4 members (excludes halogenated alkanes) is 10. The van der Waals surface area contributed by atoms with Crippen molar-refractivity contribution in [3.63, 3.8) is 0 Å². The highest BCUT2D eigenvalue weighted by Crippen LogP contribution is 2.38. The van der Waals surface area contributed by atoms with Crippen molar-refractivity contribution < 1.29 is 46.8 Å². The Morgan fingerprint density at radius 3 is 1.73 bits per heavy atom. The van der Waals surface area contributed by atoms with Gasteiger partial charge >= 0.3 is 11.9 Å². The number of rotatable bonds is 39. The summed E-state index contributed by atoms with van der Waals surface area (Å²) in [7, 11) is 1.06. The van der Waals surface area contributed by atoms with Crippen molar-refractivity contribution in [3.05, 3.63) is 85.1 Å². The minimum absolute atomic E-state index is 0.0629. The minimum atomic E-state index is -4.67. The zero-order chi connectivity index (χ0) is 43.7. The van der Waals surface area contributed by atoms with E-state index < -0.39 is 32.5 Å². The fourth-order valence-corrected chi connectivity index (χ4v) is 6.05. The van der Waals surface area contributed by atoms with Gasteiger partial charge in [0.25, 0.3) is 7.82 Å². The van der Waals surface area contributed by atoms with Crippen molar-refractivity contribution in [1.29, 1.82) is 0 Å². The van der Waals surface area contributed by atoms with E-state index in [0.717, 1.165) is 77.0 Å². The highest BCUT2D eigenvalue weighted by atomic mass is 31.2. The van der Waals surface area contributed by atoms with Crippen molar-refractivity contribution in [1.82, 2.24) is 0 Å². The third-order valence-corrected chi connectivity index (χ3v) is 9.84. The first-order valence-corrected chi connectivity index (χ1v) is 23.7. The molecule has 0 amide bonds. The number of hydrogen-bond acceptors (Lipinski definition) is 9. The zero-order valence-electron chi connectivity index (χ0n) is 37.4. The average molecular weight is 846 g/mol. The number of allylic oxidation sites excluding steroid dienone is 14. The Kier molecular flexibility index (Phi) is 36.9. The number of carbonyl (C=O) groups is 3. The van der Waals surface area contributed by atoms with E-state index in [1.54, 1.807) is 6.08 Å². The second-order valence-corrected chi connectivity index (χ2v) is 17.1. The summed E-state index contributed by atoms with van der Waals surface area (Å²) in [5.41, 5.74) is 0. The van der Waals surface area contributed by atoms with Gasteiger partial charge in [0.05, 0.1) is 27.7 Å². The van der Waals surface area contributed by atoms with Crippen LogP contribution in [0.1, 0.15) is 149 Å². The predicted octanol–water partition coefficient (Wildman–Crippen LogP) is 11.3. The lowest BCUT2D eigenvalue weighted by molar-refractivity contribution is -0.870. The molecule has 0 spiro atoms. The molecule has 0 aromatic rings. The van der Waals surface area contributed by atoms with Crippen LogP contribution in [0.2, 0.25) is 0 Å². The van der Waals surface area contributed by atoms with Gasteiger partial charge in [0.1, 0.15) is 19.8 Å². The summed E-state index contributed by atoms with van der Waals surface area (Å²) >= 11 is 0. The topological polar surface area (TPSA) is 128 Å². The molecule has 0 aliphatic heterocycles. The van der Waals surface area contributed by atoms with Gasteiger partial charge in [0.2, 0.25) is 0 Å². The van der Waals surface area contributed by atoms with Crippen LogP contribution in [0.5, 0.6) is 0 Å². The van der Waals surface area contributed by atoms with E-state index in [4.69, 9.17) is 18.5 Å². The molecular weight excluding hydrogens is 766 g/mol. The number of nitrogens with zero attached hydrogens (tertiary/aromatic N) is 1. The van der Waals surface area contributed by atoms with E-state index in [9.17, 15) is 23.8 Å². The Labute approximate surface area is 358 Å². The van der Waals surface area contributed by atoms with Gasteiger partial charge in [0.15, 0.2) is 11.9 Å². The second kappa shape index (κ2) is 39.0. The summed E-state index contributed by atoms with van der Waals surface area (Å²) < 4.78 is 33.7. The lowest BCUT2D eigenvalue weighted by Crippen LogP contribution is -2.37. The van der Waals surface area contributed by atoms with Crippen LogP contribution in [0.15, 0.2) is 85.1 Å². The molecule has 0 aliphatic carbocycles. The standard InChI is InChI=1S/C48H80NO9P/c1-6-8-10-11-12-13-14-15-16-17-18-19-20-21-22-25-29-32-36-40-48(52)58-46(44-57-59(53,54)56-42-41-49(3,4)5)43-55-47(51)39-35-31-28-26-23-24-27-30-34-38-45(50)37-33-9-7-2/h12-13,15-16,18-19,21-22,27,29-30,32,34,38,46H,6-11,14,17,20,23-26,28,31,33,35-37,39-44H2,1-5H3/b13-12-,16-15-,19-18-,22-21-,30-27-,32-29-,38-34+/t46-/m1/s1. The van der Waals surface area contributed by atoms with E-state index in [2.05, 4.69) is 68.5 Å². The Morgan fingerprint density at radius 1 is 0.576 bits per heavy atom. The van der Waals surface area contributed by atoms with Crippen LogP contribution in [0, 0.1) is 0 Å². The van der Waals surface area contributed by atoms with Gasteiger partial charge in [-0.3, -0.25) is 18.9 Å². The van der Waals surface area contributed by atoms with Crippen molar-refractivity contribution in [3.8, 4) is 0 Å². The van der Waals surface area contributed by atoms with Crippen LogP contribution < -0.4 is 4.89 Å². The lowest BCUT2D eigenvalue weighted by Gasteiger charge is -2.28. The quantitative estimate of drug-likeness (QED) is 0.0113. The molecule has 0 N–H and O–H groups in total. The average Bonchev–Trinajstić information content (AvgIpc) is 3.18. The molecule has 336 valence electrons. The molecule has 10 nitrogen and oxygen atoms in total. The number of likely N-dealkylation sites (N-methyl/N-ethyl adjacent to an activating group) is 1. The molecule has 0 saturated carbocycles. The summed E-state index contributed by atoms with van der Waals surface area (Å²) in [5, 5.41) is 0. The second-order valence-electron chi connectivity index (χ2n) is 15.7. The fraction of sp³-hybridized carbons (Fsp3) is 0.646. The molecule has 0 heterocycles. The first kappa shape index (κ1) is 55.9. The van der Waals surface area contributed by atoms with Crippen LogP contribution in [0.3, 0.4) is 0 Å². The van der Waals surface area contributed by atoms with E-state index in [1.165, 1.54) is 25.7 Å². The molecule has 59 heavy (non-hydrogen) atoms. The number of phosphoric acid groups is 1. The van der Waals surface area contributed by atoms with E-state index in [-0.39, 0.29) is 31.8 Å². The monoisotopic (exact) mass is 846 g/mol. The SMILES string of the molecule is CCCCC/C=C\C/C=C\C/C=C\C/C=C\C/C=C\CCC(=O)O[C@H](COC(=O)CCCCCCC/C=C\C=C\C(=O)CCCCC)COP(=O)([O-])OCC[N+](C)(C)C. The molecule has 0 saturated heterocycles. The zero-order valence-corrected chi connectivity index (χ0v) is 38.3. The normalized spacial score (nSPS) is 14.3. The molecule has 0 aromatic heterocycles. The smallest absolute Gasteiger partial charge is 0.306 e. The van der Waals surface area contributed by atoms with Crippen LogP contribution in [-0.2, 0) is 37.5 Å². The van der Waals surface area contributed by atoms with E-state index >= 15 is 0 Å². The van der Waals surface area contributed by atoms with Crippen LogP contribution in [0.25, 0.3) is 0 Å². The van der Waals surface area contributed by atoms with Crippen molar-refractivity contribution in [2.24, 2.45) is 0 Å². The maximum absolute atomic E-state index is 12.6. The largest absolute Gasteiger partial charge is 0.756 e. The van der Waals surface area contributed by atoms with Gasteiger partial charge in [-0.15, -0.1) is 0 Å². The molecule has 0 rings (SSSR count). The predicted molar refractivity (Wildman–Crippen MR) is 241 cm³/mol. The molecule has 0 radical (unpaired) electrons. The van der Waals surface area contributed by atoms with Crippen molar-refractivity contribution >= 4 is 25.5 Å². The van der Waals surface area contributed by atoms with Crippen LogP contribution in [0.4, 0.5) is 0 Å². The third-order valence-electron chi connectivity index (χ3n) is 8.88. The summed E-state index contributed by atoms with van der Waals surface area (Å²) in [6.07, 6.45) is 46.1. The first-order chi connectivity index (χ1) is 28.4. The number of quaternary nitrogens is 1. The van der Waals surface area contributed by atoms with Gasteiger partial charge in [0, 0.05) is 19.3 Å². The minimum Gasteiger partial charge on any atom is -0.756 e. The highest BCUT2D eigenvalue weighted by molar-refractivity contribution is 7.45. The summed E-state index contributed by atoms with van der Waals surface area (Å²) in [6, 6.07) is 0. The Bertz CT molecular complexity index is 1340. The van der Waals surface area contributed by atoms with Crippen LogP contribution >= 0.6 is 7.82 Å². The van der Waals surface area contributed by atoms with E-state index in [1.807, 2.05) is 45.4 Å². The van der Waals surface area contributed by atoms with Crippen molar-refractivity contribution in [2.75, 3.05) is 47.5 Å². The Balaban J connectivity index is 4.57. The molecule has 11 heteroatoms. The highest BCUT2D eigenvalue weighted by Gasteiger charge is 2.21. The maximum Gasteiger partial charge on any atom is 0.306 e. The Morgan fingerprint density at radius 2 is 1.10 bits per heavy atom. The molecular formula is C48H80NO9P. The molecule has 0 bridgehead atoms. The number of esters is 2. The molecule has 1 unspecified atom stereocenters. The summed E-state index contributed by atoms with van der Waals surface area (Å²) in [6.45, 7) is 3.88. The van der Waals surface area contributed by atoms with Gasteiger partial charge in [-0.1, -0.05) is 138 Å². The maximum atomic E-state index is 12.6. The molecule has 0 aliphatic rings. The molecule has 0 aromatic carbocycles. The summed E-state index contributed by atoms with van der Waals surface area (Å²) in [5.74, 6) is -0.829. The fourth-order valence-electron chi connectivity index (χ4n) is 5.32. The van der Waals surface area contributed by atoms with Gasteiger partial charge < -0.3 is 27.9 Å². The van der Waals surface area contributed by atoms with Gasteiger partial charge in [-0.2, -0.15) is 0 Å². The lowest BCUT2D eigenvalue weighted by atomic mass is 10.1. The van der Waals surface area contributed by atoms with Crippen molar-refractivity contribution in [2.45, 2.75) is 155 Å². The number of ketones is 1. The molecule has 0 fully saturated rings. The summed E-state index contributed by atoms with van der Waals surface area (Å²) in [4.78, 5) is 49.3. The molecule has 2 atom stereocenters. The van der Waals surface area contributed by atoms with Crippen LogP contribution in [-0.4, -0.2) is 75.8 Å². The number of hydrogen-bond donors (Lipinski definition) is 0. The van der Waals surface area contributed by atoms with E-state index in [0.29, 0.717) is 30.3 Å². The third kappa shape index (κ3) is 42.8. The first-order valence-electron chi connectivity index (χ1n) is 22.2. The van der Waals surface area contributed by atoms with Gasteiger partial charge in [-0.25, -0.2) is 0 Å². The van der Waals surface area contributed by atoms with Gasteiger partial charge in [-0.05, 0) is 76.7 Å². The number of phosphoric ester groups is 1.